The Morgan fingerprint density at radius 3 is 2.43 bits per heavy atom. The van der Waals surface area contributed by atoms with Crippen LogP contribution in [0.4, 0.5) is 13.2 Å². The highest BCUT2D eigenvalue weighted by Gasteiger charge is 2.46. The molecule has 4 N–H and O–H groups in total. The number of rotatable bonds is 1. The second-order valence-corrected chi connectivity index (χ2v) is 4.85. The Bertz CT molecular complexity index is 672. The quantitative estimate of drug-likeness (QED) is 0.843. The highest BCUT2D eigenvalue weighted by Crippen LogP contribution is 2.42. The molecule has 2 atom stereocenters. The number of alkyl halides is 3. The molecule has 1 aliphatic rings. The van der Waals surface area contributed by atoms with Gasteiger partial charge in [-0.05, 0) is 23.8 Å². The monoisotopic (exact) mass is 295 g/mol. The molecule has 2 unspecified atom stereocenters. The van der Waals surface area contributed by atoms with Crippen molar-refractivity contribution in [1.82, 2.24) is 4.98 Å². The third kappa shape index (κ3) is 2.05. The van der Waals surface area contributed by atoms with Crippen molar-refractivity contribution in [1.29, 1.82) is 0 Å². The van der Waals surface area contributed by atoms with Crippen molar-refractivity contribution >= 4 is 0 Å². The van der Waals surface area contributed by atoms with E-state index < -0.39 is 23.5 Å². The number of ether oxygens (including phenoxy) is 1. The van der Waals surface area contributed by atoms with Crippen LogP contribution in [0.2, 0.25) is 0 Å². The molecule has 0 fully saturated rings. The number of fused-ring (bicyclic) bond motifs is 1. The normalized spacial score (nSPS) is 24.5. The molecule has 21 heavy (non-hydrogen) atoms. The van der Waals surface area contributed by atoms with E-state index in [0.29, 0.717) is 16.9 Å². The Hall–Kier alpha value is -2.12. The third-order valence-electron chi connectivity index (χ3n) is 3.62. The number of nitrogens with two attached hydrogens (primary N) is 2. The van der Waals surface area contributed by atoms with E-state index in [9.17, 15) is 13.2 Å². The van der Waals surface area contributed by atoms with Crippen LogP contribution in [0.15, 0.2) is 42.7 Å². The Morgan fingerprint density at radius 1 is 1.14 bits per heavy atom. The van der Waals surface area contributed by atoms with Crippen molar-refractivity contribution in [2.75, 3.05) is 0 Å². The molecule has 0 spiro atoms. The Kier molecular flexibility index (Phi) is 2.93. The largest absolute Gasteiger partial charge is 0.471 e. The molecule has 2 heterocycles. The molecule has 0 amide bonds. The van der Waals surface area contributed by atoms with Crippen molar-refractivity contribution in [3.8, 4) is 5.75 Å². The fourth-order valence-corrected chi connectivity index (χ4v) is 2.45. The van der Waals surface area contributed by atoms with Gasteiger partial charge in [0, 0.05) is 11.8 Å². The van der Waals surface area contributed by atoms with E-state index in [2.05, 4.69) is 4.98 Å². The van der Waals surface area contributed by atoms with Crippen LogP contribution in [0.25, 0.3) is 0 Å². The smallest absolute Gasteiger partial charge is 0.416 e. The average molecular weight is 295 g/mol. The maximum Gasteiger partial charge on any atom is 0.416 e. The van der Waals surface area contributed by atoms with E-state index in [4.69, 9.17) is 16.2 Å². The Balaban J connectivity index is 2.07. The lowest BCUT2D eigenvalue weighted by Gasteiger charge is -2.28. The van der Waals surface area contributed by atoms with E-state index in [-0.39, 0.29) is 0 Å². The summed E-state index contributed by atoms with van der Waals surface area (Å²) in [5.74, 6) is 0.437. The SMILES string of the molecule is NC1Oc2cnccc2C1(N)c1ccc(C(F)(F)F)cc1. The summed E-state index contributed by atoms with van der Waals surface area (Å²) in [7, 11) is 0. The molecule has 0 saturated heterocycles. The standard InChI is InChI=1S/C14H12F3N3O/c15-14(16,17)9-3-1-8(2-4-9)13(19)10-5-6-20-7-11(10)21-12(13)18/h1-7,12H,18-19H2. The maximum atomic E-state index is 12.6. The first-order valence-electron chi connectivity index (χ1n) is 6.17. The molecular formula is C14H12F3N3O. The lowest BCUT2D eigenvalue weighted by Crippen LogP contribution is -2.52. The summed E-state index contributed by atoms with van der Waals surface area (Å²) >= 11 is 0. The second kappa shape index (κ2) is 4.44. The predicted octanol–water partition coefficient (Wildman–Crippen LogP) is 1.98. The number of pyridine rings is 1. The van der Waals surface area contributed by atoms with Crippen molar-refractivity contribution in [3.63, 3.8) is 0 Å². The maximum absolute atomic E-state index is 12.6. The van der Waals surface area contributed by atoms with Crippen LogP contribution in [0.5, 0.6) is 5.75 Å². The summed E-state index contributed by atoms with van der Waals surface area (Å²) in [6.45, 7) is 0. The molecule has 7 heteroatoms. The van der Waals surface area contributed by atoms with E-state index in [0.717, 1.165) is 12.1 Å². The Morgan fingerprint density at radius 2 is 1.81 bits per heavy atom. The van der Waals surface area contributed by atoms with E-state index in [1.165, 1.54) is 24.5 Å². The Labute approximate surface area is 118 Å². The zero-order valence-electron chi connectivity index (χ0n) is 10.8. The van der Waals surface area contributed by atoms with Gasteiger partial charge in [-0.3, -0.25) is 10.7 Å². The minimum Gasteiger partial charge on any atom is -0.471 e. The average Bonchev–Trinajstić information content (AvgIpc) is 2.71. The number of halogens is 3. The van der Waals surface area contributed by atoms with Gasteiger partial charge in [0.05, 0.1) is 11.8 Å². The number of benzene rings is 1. The molecule has 3 rings (SSSR count). The van der Waals surface area contributed by atoms with Gasteiger partial charge in [0.25, 0.3) is 0 Å². The first-order valence-corrected chi connectivity index (χ1v) is 6.17. The molecule has 1 aliphatic heterocycles. The summed E-state index contributed by atoms with van der Waals surface area (Å²) in [6.07, 6.45) is -2.27. The first-order chi connectivity index (χ1) is 9.83. The van der Waals surface area contributed by atoms with Crippen molar-refractivity contribution < 1.29 is 17.9 Å². The molecule has 0 aliphatic carbocycles. The van der Waals surface area contributed by atoms with Crippen molar-refractivity contribution in [3.05, 3.63) is 59.4 Å². The van der Waals surface area contributed by atoms with E-state index in [1.807, 2.05) is 0 Å². The fraction of sp³-hybridized carbons (Fsp3) is 0.214. The highest BCUT2D eigenvalue weighted by molar-refractivity contribution is 5.50. The minimum atomic E-state index is -4.39. The molecular weight excluding hydrogens is 283 g/mol. The van der Waals surface area contributed by atoms with Gasteiger partial charge in [0.2, 0.25) is 0 Å². The number of nitrogens with zero attached hydrogens (tertiary/aromatic N) is 1. The second-order valence-electron chi connectivity index (χ2n) is 4.85. The molecule has 1 aromatic heterocycles. The third-order valence-corrected chi connectivity index (χ3v) is 3.62. The lowest BCUT2D eigenvalue weighted by atomic mass is 9.84. The topological polar surface area (TPSA) is 74.2 Å². The summed E-state index contributed by atoms with van der Waals surface area (Å²) in [5.41, 5.74) is 11.4. The zero-order valence-corrected chi connectivity index (χ0v) is 10.8. The van der Waals surface area contributed by atoms with Gasteiger partial charge >= 0.3 is 6.18 Å². The summed E-state index contributed by atoms with van der Waals surface area (Å²) in [6, 6.07) is 6.26. The number of hydrogen-bond donors (Lipinski definition) is 2. The van der Waals surface area contributed by atoms with E-state index >= 15 is 0 Å². The van der Waals surface area contributed by atoms with Crippen LogP contribution >= 0.6 is 0 Å². The van der Waals surface area contributed by atoms with Gasteiger partial charge in [-0.25, -0.2) is 0 Å². The van der Waals surface area contributed by atoms with Gasteiger partial charge in [0.1, 0.15) is 11.3 Å². The highest BCUT2D eigenvalue weighted by atomic mass is 19.4. The minimum absolute atomic E-state index is 0.437. The predicted molar refractivity (Wildman–Crippen MR) is 69.3 cm³/mol. The van der Waals surface area contributed by atoms with Crippen LogP contribution in [-0.2, 0) is 11.7 Å². The summed E-state index contributed by atoms with van der Waals surface area (Å²) in [5, 5.41) is 0. The van der Waals surface area contributed by atoms with Crippen LogP contribution in [0, 0.1) is 0 Å². The van der Waals surface area contributed by atoms with Crippen LogP contribution in [-0.4, -0.2) is 11.2 Å². The van der Waals surface area contributed by atoms with Crippen LogP contribution < -0.4 is 16.2 Å². The van der Waals surface area contributed by atoms with Gasteiger partial charge < -0.3 is 10.5 Å². The van der Waals surface area contributed by atoms with Crippen LogP contribution in [0.1, 0.15) is 16.7 Å². The summed E-state index contributed by atoms with van der Waals surface area (Å²) in [4.78, 5) is 3.91. The van der Waals surface area contributed by atoms with Gasteiger partial charge in [0.15, 0.2) is 6.23 Å². The van der Waals surface area contributed by atoms with Crippen molar-refractivity contribution in [2.45, 2.75) is 17.9 Å². The van der Waals surface area contributed by atoms with Gasteiger partial charge in [-0.15, -0.1) is 0 Å². The molecule has 4 nitrogen and oxygen atoms in total. The molecule has 0 bridgehead atoms. The summed E-state index contributed by atoms with van der Waals surface area (Å²) < 4.78 is 43.3. The molecule has 0 saturated carbocycles. The van der Waals surface area contributed by atoms with Gasteiger partial charge in [-0.2, -0.15) is 13.2 Å². The zero-order chi connectivity index (χ0) is 15.3. The van der Waals surface area contributed by atoms with Crippen LogP contribution in [0.3, 0.4) is 0 Å². The molecule has 2 aromatic rings. The van der Waals surface area contributed by atoms with Gasteiger partial charge in [-0.1, -0.05) is 12.1 Å². The molecule has 110 valence electrons. The van der Waals surface area contributed by atoms with Crippen molar-refractivity contribution in [2.24, 2.45) is 11.5 Å². The van der Waals surface area contributed by atoms with E-state index in [1.54, 1.807) is 6.07 Å². The molecule has 0 radical (unpaired) electrons. The molecule has 1 aromatic carbocycles. The fourth-order valence-electron chi connectivity index (χ4n) is 2.45. The number of hydrogen-bond acceptors (Lipinski definition) is 4. The lowest BCUT2D eigenvalue weighted by molar-refractivity contribution is -0.137. The first kappa shape index (κ1) is 13.8. The number of aromatic nitrogens is 1.